The molecule has 1 saturated heterocycles. The SMILES string of the molecule is Cc1noc(-c2c(Cl)cccc2[C@](O)(CCCCO)[C@H]2CN(C(=O)[C@H]3C[C@@H](N)[C@@H](O)C3)CCO2)n1. The third kappa shape index (κ3) is 5.37. The number of amides is 1. The van der Waals surface area contributed by atoms with Crippen LogP contribution in [0.25, 0.3) is 11.5 Å². The average molecular weight is 509 g/mol. The highest BCUT2D eigenvalue weighted by Gasteiger charge is 2.46. The number of aliphatic hydroxyl groups excluding tert-OH is 2. The second-order valence-electron chi connectivity index (χ2n) is 9.46. The fourth-order valence-corrected chi connectivity index (χ4v) is 5.38. The van der Waals surface area contributed by atoms with Crippen molar-refractivity contribution in [2.24, 2.45) is 11.7 Å². The number of nitrogens with zero attached hydrogens (tertiary/aromatic N) is 3. The minimum Gasteiger partial charge on any atom is -0.396 e. The van der Waals surface area contributed by atoms with Crippen molar-refractivity contribution < 1.29 is 29.4 Å². The topological polar surface area (TPSA) is 155 Å². The van der Waals surface area contributed by atoms with Gasteiger partial charge in [0.15, 0.2) is 5.82 Å². The normalized spacial score (nSPS) is 26.6. The zero-order valence-corrected chi connectivity index (χ0v) is 20.5. The van der Waals surface area contributed by atoms with Crippen LogP contribution in [-0.2, 0) is 15.1 Å². The van der Waals surface area contributed by atoms with Gasteiger partial charge in [-0.15, -0.1) is 0 Å². The molecule has 0 bridgehead atoms. The van der Waals surface area contributed by atoms with Crippen LogP contribution in [0, 0.1) is 12.8 Å². The highest BCUT2D eigenvalue weighted by molar-refractivity contribution is 6.33. The molecule has 5 N–H and O–H groups in total. The van der Waals surface area contributed by atoms with E-state index in [1.807, 2.05) is 0 Å². The van der Waals surface area contributed by atoms with Gasteiger partial charge in [-0.25, -0.2) is 0 Å². The van der Waals surface area contributed by atoms with E-state index in [-0.39, 0.29) is 43.9 Å². The van der Waals surface area contributed by atoms with Crippen LogP contribution in [0.2, 0.25) is 5.02 Å². The predicted octanol–water partition coefficient (Wildman–Crippen LogP) is 1.37. The number of unbranched alkanes of at least 4 members (excludes halogenated alkanes) is 1. The summed E-state index contributed by atoms with van der Waals surface area (Å²) in [5, 5.41) is 35.8. The number of nitrogens with two attached hydrogens (primary N) is 1. The van der Waals surface area contributed by atoms with Crippen LogP contribution in [0.1, 0.15) is 43.5 Å². The third-order valence-corrected chi connectivity index (χ3v) is 7.34. The highest BCUT2D eigenvalue weighted by atomic mass is 35.5. The quantitative estimate of drug-likeness (QED) is 0.387. The van der Waals surface area contributed by atoms with E-state index in [1.54, 1.807) is 30.0 Å². The number of rotatable bonds is 8. The average Bonchev–Trinajstić information content (AvgIpc) is 3.43. The van der Waals surface area contributed by atoms with Crippen molar-refractivity contribution >= 4 is 17.5 Å². The molecule has 0 radical (unpaired) electrons. The van der Waals surface area contributed by atoms with Gasteiger partial charge in [-0.3, -0.25) is 4.79 Å². The van der Waals surface area contributed by atoms with E-state index < -0.39 is 23.9 Å². The molecular formula is C24H33ClN4O6. The van der Waals surface area contributed by atoms with Crippen molar-refractivity contribution in [3.8, 4) is 11.5 Å². The lowest BCUT2D eigenvalue weighted by molar-refractivity contribution is -0.167. The Morgan fingerprint density at radius 2 is 2.14 bits per heavy atom. The molecule has 2 aromatic rings. The van der Waals surface area contributed by atoms with E-state index in [4.69, 9.17) is 26.6 Å². The van der Waals surface area contributed by atoms with Gasteiger partial charge in [0.05, 0.1) is 29.8 Å². The lowest BCUT2D eigenvalue weighted by Crippen LogP contribution is -2.55. The molecular weight excluding hydrogens is 476 g/mol. The molecule has 35 heavy (non-hydrogen) atoms. The van der Waals surface area contributed by atoms with Gasteiger partial charge in [0.25, 0.3) is 5.89 Å². The van der Waals surface area contributed by atoms with Crippen molar-refractivity contribution in [1.29, 1.82) is 0 Å². The molecule has 192 valence electrons. The Hall–Kier alpha value is -2.08. The molecule has 2 aliphatic rings. The number of halogens is 1. The minimum atomic E-state index is -1.55. The van der Waals surface area contributed by atoms with E-state index in [1.165, 1.54) is 0 Å². The van der Waals surface area contributed by atoms with E-state index >= 15 is 0 Å². The number of carbonyl (C=O) groups excluding carboxylic acids is 1. The number of benzene rings is 1. The zero-order chi connectivity index (χ0) is 25.2. The Bertz CT molecular complexity index is 1030. The van der Waals surface area contributed by atoms with Gasteiger partial charge in [0.2, 0.25) is 5.91 Å². The summed E-state index contributed by atoms with van der Waals surface area (Å²) >= 11 is 6.55. The van der Waals surface area contributed by atoms with Gasteiger partial charge in [0, 0.05) is 30.7 Å². The summed E-state index contributed by atoms with van der Waals surface area (Å²) in [6, 6.07) is 4.74. The lowest BCUT2D eigenvalue weighted by Gasteiger charge is -2.43. The van der Waals surface area contributed by atoms with Crippen molar-refractivity contribution in [2.45, 2.75) is 62.9 Å². The molecule has 11 heteroatoms. The number of aliphatic hydroxyl groups is 3. The third-order valence-electron chi connectivity index (χ3n) is 7.02. The molecule has 1 aromatic heterocycles. The Labute approximate surface area is 209 Å². The first-order chi connectivity index (χ1) is 16.7. The van der Waals surface area contributed by atoms with Crippen molar-refractivity contribution in [1.82, 2.24) is 15.0 Å². The fourth-order valence-electron chi connectivity index (χ4n) is 5.12. The second kappa shape index (κ2) is 10.9. The summed E-state index contributed by atoms with van der Waals surface area (Å²) < 4.78 is 11.4. The number of carbonyl (C=O) groups is 1. The molecule has 2 heterocycles. The van der Waals surface area contributed by atoms with Crippen molar-refractivity contribution in [2.75, 3.05) is 26.3 Å². The van der Waals surface area contributed by atoms with Crippen molar-refractivity contribution in [3.63, 3.8) is 0 Å². The van der Waals surface area contributed by atoms with Crippen LogP contribution in [0.4, 0.5) is 0 Å². The molecule has 5 atom stereocenters. The first-order valence-corrected chi connectivity index (χ1v) is 12.4. The van der Waals surface area contributed by atoms with Gasteiger partial charge in [-0.05, 0) is 45.1 Å². The van der Waals surface area contributed by atoms with E-state index in [0.29, 0.717) is 54.2 Å². The van der Waals surface area contributed by atoms with Crippen molar-refractivity contribution in [3.05, 3.63) is 34.6 Å². The van der Waals surface area contributed by atoms with Gasteiger partial charge < -0.3 is 35.2 Å². The summed E-state index contributed by atoms with van der Waals surface area (Å²) in [5.41, 5.74) is 5.25. The standard InChI is InChI=1S/C24H33ClN4O6/c1-14-27-22(35-28-14)21-16(5-4-6-17(21)25)24(33,7-2-3-9-30)20-13-29(8-10-34-20)23(32)15-11-18(26)19(31)12-15/h4-6,15,18-20,30-31,33H,2-3,7-13,26H2,1H3/t15-,18+,19-,20+,24+/m0/s1. The van der Waals surface area contributed by atoms with Gasteiger partial charge >= 0.3 is 0 Å². The van der Waals surface area contributed by atoms with Crippen LogP contribution in [0.3, 0.4) is 0 Å². The van der Waals surface area contributed by atoms with Gasteiger partial charge in [-0.2, -0.15) is 4.98 Å². The summed E-state index contributed by atoms with van der Waals surface area (Å²) in [5.74, 6) is 0.157. The summed E-state index contributed by atoms with van der Waals surface area (Å²) in [6.07, 6.45) is 0.566. The smallest absolute Gasteiger partial charge is 0.259 e. The molecule has 1 aliphatic carbocycles. The molecule has 10 nitrogen and oxygen atoms in total. The molecule has 0 unspecified atom stereocenters. The Kier molecular flexibility index (Phi) is 8.09. The van der Waals surface area contributed by atoms with Gasteiger partial charge in [0.1, 0.15) is 11.7 Å². The number of aryl methyl sites for hydroxylation is 1. The van der Waals surface area contributed by atoms with Crippen LogP contribution in [0.15, 0.2) is 22.7 Å². The maximum atomic E-state index is 13.2. The first kappa shape index (κ1) is 26.0. The maximum Gasteiger partial charge on any atom is 0.259 e. The first-order valence-electron chi connectivity index (χ1n) is 12.0. The van der Waals surface area contributed by atoms with E-state index in [9.17, 15) is 20.1 Å². The Morgan fingerprint density at radius 3 is 2.80 bits per heavy atom. The van der Waals surface area contributed by atoms with Crippen LogP contribution in [-0.4, -0.2) is 80.8 Å². The molecule has 1 amide bonds. The highest BCUT2D eigenvalue weighted by Crippen LogP contribution is 2.42. The monoisotopic (exact) mass is 508 g/mol. The molecule has 1 saturated carbocycles. The predicted molar refractivity (Wildman–Crippen MR) is 127 cm³/mol. The van der Waals surface area contributed by atoms with Gasteiger partial charge in [-0.1, -0.05) is 28.9 Å². The molecule has 2 fully saturated rings. The van der Waals surface area contributed by atoms with Crippen LogP contribution < -0.4 is 5.73 Å². The number of ether oxygens (including phenoxy) is 1. The maximum absolute atomic E-state index is 13.2. The van der Waals surface area contributed by atoms with Crippen LogP contribution in [0.5, 0.6) is 0 Å². The Morgan fingerprint density at radius 1 is 1.34 bits per heavy atom. The lowest BCUT2D eigenvalue weighted by atomic mass is 9.80. The number of hydrogen-bond donors (Lipinski definition) is 4. The summed E-state index contributed by atoms with van der Waals surface area (Å²) in [4.78, 5) is 19.2. The molecule has 1 aromatic carbocycles. The summed E-state index contributed by atoms with van der Waals surface area (Å²) in [6.45, 7) is 2.47. The second-order valence-corrected chi connectivity index (χ2v) is 9.86. The van der Waals surface area contributed by atoms with Crippen LogP contribution >= 0.6 is 11.6 Å². The van der Waals surface area contributed by atoms with E-state index in [0.717, 1.165) is 0 Å². The fraction of sp³-hybridized carbons (Fsp3) is 0.625. The molecule has 1 aliphatic heterocycles. The number of morpholine rings is 1. The number of aromatic nitrogens is 2. The molecule has 0 spiro atoms. The zero-order valence-electron chi connectivity index (χ0n) is 19.8. The molecule has 4 rings (SSSR count). The number of hydrogen-bond acceptors (Lipinski definition) is 9. The summed E-state index contributed by atoms with van der Waals surface area (Å²) in [7, 11) is 0. The van der Waals surface area contributed by atoms with E-state index in [2.05, 4.69) is 10.1 Å². The largest absolute Gasteiger partial charge is 0.396 e. The minimum absolute atomic E-state index is 0.0122. The Balaban J connectivity index is 1.67.